The summed E-state index contributed by atoms with van der Waals surface area (Å²) in [6.07, 6.45) is 0. The lowest BCUT2D eigenvalue weighted by molar-refractivity contribution is -0.115. The van der Waals surface area contributed by atoms with Gasteiger partial charge in [-0.15, -0.1) is 11.8 Å². The largest absolute Gasteiger partial charge is 0.506 e. The van der Waals surface area contributed by atoms with Crippen LogP contribution in [0, 0.1) is 3.57 Å². The summed E-state index contributed by atoms with van der Waals surface area (Å²) in [6, 6.07) is 4.94. The van der Waals surface area contributed by atoms with E-state index in [1.807, 2.05) is 0 Å². The molecule has 1 aromatic rings. The van der Waals surface area contributed by atoms with Gasteiger partial charge in [-0.25, -0.2) is 0 Å². The Morgan fingerprint density at radius 1 is 1.41 bits per heavy atom. The number of phenolic OH excluding ortho intramolecular Hbond substituents is 1. The van der Waals surface area contributed by atoms with Crippen LogP contribution < -0.4 is 11.1 Å². The highest BCUT2D eigenvalue weighted by atomic mass is 127. The van der Waals surface area contributed by atoms with Crippen LogP contribution in [0.1, 0.15) is 0 Å². The molecule has 5 nitrogen and oxygen atoms in total. The molecule has 2 amide bonds. The molecule has 4 N–H and O–H groups in total. The average molecular weight is 366 g/mol. The number of benzene rings is 1. The number of amides is 2. The lowest BCUT2D eigenvalue weighted by Gasteiger charge is -2.07. The van der Waals surface area contributed by atoms with Gasteiger partial charge in [0.15, 0.2) is 0 Å². The number of phenols is 1. The predicted octanol–water partition coefficient (Wildman–Crippen LogP) is 1.15. The van der Waals surface area contributed by atoms with Gasteiger partial charge in [-0.3, -0.25) is 9.59 Å². The first-order valence-electron chi connectivity index (χ1n) is 4.63. The van der Waals surface area contributed by atoms with Gasteiger partial charge in [0.1, 0.15) is 5.75 Å². The van der Waals surface area contributed by atoms with Gasteiger partial charge in [-0.2, -0.15) is 0 Å². The van der Waals surface area contributed by atoms with Gasteiger partial charge in [-0.1, -0.05) is 0 Å². The highest BCUT2D eigenvalue weighted by Crippen LogP contribution is 2.25. The number of thioether (sulfide) groups is 1. The number of rotatable bonds is 5. The number of carbonyl (C=O) groups is 2. The second kappa shape index (κ2) is 6.70. The zero-order valence-electron chi connectivity index (χ0n) is 8.77. The van der Waals surface area contributed by atoms with Crippen molar-refractivity contribution >= 4 is 51.9 Å². The minimum absolute atomic E-state index is 0.0187. The summed E-state index contributed by atoms with van der Waals surface area (Å²) in [5.41, 5.74) is 5.30. The van der Waals surface area contributed by atoms with Crippen LogP contribution in [0.4, 0.5) is 5.69 Å². The Morgan fingerprint density at radius 2 is 2.12 bits per heavy atom. The molecule has 0 aliphatic rings. The molecule has 1 rings (SSSR count). The van der Waals surface area contributed by atoms with Crippen LogP contribution >= 0.6 is 34.4 Å². The molecule has 0 unspecified atom stereocenters. The Morgan fingerprint density at radius 3 is 2.71 bits per heavy atom. The fourth-order valence-electron chi connectivity index (χ4n) is 1.04. The maximum absolute atomic E-state index is 11.4. The zero-order valence-corrected chi connectivity index (χ0v) is 11.7. The molecule has 0 aromatic heterocycles. The van der Waals surface area contributed by atoms with E-state index in [0.717, 1.165) is 15.3 Å². The van der Waals surface area contributed by atoms with E-state index in [9.17, 15) is 14.7 Å². The topological polar surface area (TPSA) is 92.4 Å². The van der Waals surface area contributed by atoms with Crippen molar-refractivity contribution in [2.24, 2.45) is 5.73 Å². The lowest BCUT2D eigenvalue weighted by atomic mass is 10.3. The summed E-state index contributed by atoms with van der Waals surface area (Å²) in [4.78, 5) is 21.9. The highest BCUT2D eigenvalue weighted by Gasteiger charge is 2.07. The van der Waals surface area contributed by atoms with E-state index in [-0.39, 0.29) is 23.2 Å². The Hall–Kier alpha value is -0.960. The van der Waals surface area contributed by atoms with E-state index in [1.165, 1.54) is 0 Å². The van der Waals surface area contributed by atoms with E-state index in [1.54, 1.807) is 18.2 Å². The molecule has 0 spiro atoms. The monoisotopic (exact) mass is 366 g/mol. The summed E-state index contributed by atoms with van der Waals surface area (Å²) in [6.45, 7) is 0. The van der Waals surface area contributed by atoms with Gasteiger partial charge in [-0.05, 0) is 40.8 Å². The first kappa shape index (κ1) is 14.1. The Kier molecular flexibility index (Phi) is 5.56. The molecule has 0 aliphatic carbocycles. The Bertz CT molecular complexity index is 440. The summed E-state index contributed by atoms with van der Waals surface area (Å²) < 4.78 is 0.876. The summed E-state index contributed by atoms with van der Waals surface area (Å²) in [5, 5.41) is 12.1. The van der Waals surface area contributed by atoms with Crippen molar-refractivity contribution in [3.63, 3.8) is 0 Å². The normalized spacial score (nSPS) is 9.94. The Balaban J connectivity index is 2.48. The van der Waals surface area contributed by atoms with Gasteiger partial charge in [0.2, 0.25) is 11.8 Å². The van der Waals surface area contributed by atoms with Gasteiger partial charge in [0.05, 0.1) is 17.2 Å². The van der Waals surface area contributed by atoms with Crippen LogP contribution in [-0.2, 0) is 9.59 Å². The molecular formula is C10H11IN2O3S. The first-order valence-corrected chi connectivity index (χ1v) is 6.87. The fourth-order valence-corrected chi connectivity index (χ4v) is 2.08. The number of primary amides is 1. The van der Waals surface area contributed by atoms with E-state index >= 15 is 0 Å². The van der Waals surface area contributed by atoms with Crippen LogP contribution in [0.25, 0.3) is 0 Å². The second-order valence-electron chi connectivity index (χ2n) is 3.17. The third kappa shape index (κ3) is 5.26. The zero-order chi connectivity index (χ0) is 12.8. The number of aromatic hydroxyl groups is 1. The quantitative estimate of drug-likeness (QED) is 0.539. The van der Waals surface area contributed by atoms with Crippen molar-refractivity contribution in [3.05, 3.63) is 21.8 Å². The van der Waals surface area contributed by atoms with Crippen molar-refractivity contribution in [1.29, 1.82) is 0 Å². The minimum Gasteiger partial charge on any atom is -0.506 e. The molecule has 7 heteroatoms. The first-order chi connectivity index (χ1) is 7.99. The van der Waals surface area contributed by atoms with E-state index < -0.39 is 5.91 Å². The number of hydrogen-bond acceptors (Lipinski definition) is 4. The lowest BCUT2D eigenvalue weighted by Crippen LogP contribution is -2.18. The molecule has 0 saturated heterocycles. The number of nitrogens with one attached hydrogen (secondary N) is 1. The van der Waals surface area contributed by atoms with Gasteiger partial charge < -0.3 is 16.2 Å². The maximum atomic E-state index is 11.4. The summed E-state index contributed by atoms with van der Waals surface area (Å²) in [7, 11) is 0. The molecule has 0 bridgehead atoms. The number of anilines is 1. The van der Waals surface area contributed by atoms with Crippen LogP contribution in [-0.4, -0.2) is 28.4 Å². The SMILES string of the molecule is NC(=O)CSCC(=O)Nc1ccc(I)cc1O. The third-order valence-corrected chi connectivity index (χ3v) is 3.34. The molecule has 92 valence electrons. The standard InChI is InChI=1S/C10H11IN2O3S/c11-6-1-2-7(8(14)3-6)13-10(16)5-17-4-9(12)15/h1-3,14H,4-5H2,(H2,12,15)(H,13,16). The van der Waals surface area contributed by atoms with Crippen molar-refractivity contribution in [2.75, 3.05) is 16.8 Å². The molecule has 0 heterocycles. The summed E-state index contributed by atoms with van der Waals surface area (Å²) >= 11 is 3.19. The van der Waals surface area contributed by atoms with E-state index in [0.29, 0.717) is 5.69 Å². The Labute approximate surface area is 116 Å². The number of halogens is 1. The van der Waals surface area contributed by atoms with Crippen molar-refractivity contribution < 1.29 is 14.7 Å². The highest BCUT2D eigenvalue weighted by molar-refractivity contribution is 14.1. The number of hydrogen-bond donors (Lipinski definition) is 3. The van der Waals surface area contributed by atoms with Crippen LogP contribution in [0.15, 0.2) is 18.2 Å². The maximum Gasteiger partial charge on any atom is 0.234 e. The molecule has 1 aromatic carbocycles. The summed E-state index contributed by atoms with van der Waals surface area (Å²) in [5.74, 6) is -0.502. The molecular weight excluding hydrogens is 355 g/mol. The molecule has 0 atom stereocenters. The van der Waals surface area contributed by atoms with Crippen LogP contribution in [0.5, 0.6) is 5.75 Å². The third-order valence-electron chi connectivity index (χ3n) is 1.71. The minimum atomic E-state index is -0.458. The number of carbonyl (C=O) groups excluding carboxylic acids is 2. The smallest absolute Gasteiger partial charge is 0.234 e. The van der Waals surface area contributed by atoms with Gasteiger partial charge in [0, 0.05) is 3.57 Å². The van der Waals surface area contributed by atoms with E-state index in [4.69, 9.17) is 5.73 Å². The predicted molar refractivity (Wildman–Crippen MR) is 76.0 cm³/mol. The second-order valence-corrected chi connectivity index (χ2v) is 5.40. The molecule has 0 aliphatic heterocycles. The molecule has 0 radical (unpaired) electrons. The van der Waals surface area contributed by atoms with Crippen molar-refractivity contribution in [1.82, 2.24) is 0 Å². The molecule has 0 saturated carbocycles. The molecule has 17 heavy (non-hydrogen) atoms. The van der Waals surface area contributed by atoms with Crippen LogP contribution in [0.3, 0.4) is 0 Å². The van der Waals surface area contributed by atoms with Crippen molar-refractivity contribution in [2.45, 2.75) is 0 Å². The van der Waals surface area contributed by atoms with E-state index in [2.05, 4.69) is 27.9 Å². The number of nitrogens with two attached hydrogens (primary N) is 1. The van der Waals surface area contributed by atoms with Crippen LogP contribution in [0.2, 0.25) is 0 Å². The van der Waals surface area contributed by atoms with Gasteiger partial charge in [0.25, 0.3) is 0 Å². The van der Waals surface area contributed by atoms with Gasteiger partial charge >= 0.3 is 0 Å². The molecule has 0 fully saturated rings. The fraction of sp³-hybridized carbons (Fsp3) is 0.200. The average Bonchev–Trinajstić information content (AvgIpc) is 2.21. The van der Waals surface area contributed by atoms with Crippen molar-refractivity contribution in [3.8, 4) is 5.75 Å².